The van der Waals surface area contributed by atoms with Crippen molar-refractivity contribution in [2.45, 2.75) is 20.0 Å². The second kappa shape index (κ2) is 8.80. The van der Waals surface area contributed by atoms with Gasteiger partial charge in [-0.1, -0.05) is 13.8 Å². The average molecular weight is 410 g/mol. The first-order chi connectivity index (χ1) is 13.5. The van der Waals surface area contributed by atoms with Crippen molar-refractivity contribution in [1.29, 1.82) is 0 Å². The first-order valence-electron chi connectivity index (χ1n) is 8.53. The molecule has 156 valence electrons. The smallest absolute Gasteiger partial charge is 0.416 e. The van der Waals surface area contributed by atoms with Crippen LogP contribution in [0.2, 0.25) is 0 Å². The number of nitrogens with one attached hydrogen (secondary N) is 1. The summed E-state index contributed by atoms with van der Waals surface area (Å²) in [7, 11) is 0. The SMILES string of the molecule is CC(C)(CN=C(N)Nc1ccc(C(=O)O)cn1)COc1ccc(C(F)(F)F)cc1. The summed E-state index contributed by atoms with van der Waals surface area (Å²) in [5.74, 6) is -0.331. The van der Waals surface area contributed by atoms with Crippen molar-refractivity contribution in [2.75, 3.05) is 18.5 Å². The molecule has 0 atom stereocenters. The molecule has 1 aromatic carbocycles. The summed E-state index contributed by atoms with van der Waals surface area (Å²) in [6.07, 6.45) is -3.19. The Morgan fingerprint density at radius 2 is 1.86 bits per heavy atom. The number of ether oxygens (including phenoxy) is 1. The molecule has 0 radical (unpaired) electrons. The van der Waals surface area contributed by atoms with E-state index in [1.807, 2.05) is 13.8 Å². The maximum atomic E-state index is 12.6. The van der Waals surface area contributed by atoms with E-state index in [9.17, 15) is 18.0 Å². The zero-order valence-electron chi connectivity index (χ0n) is 15.8. The minimum absolute atomic E-state index is 0.0487. The van der Waals surface area contributed by atoms with Crippen LogP contribution in [0, 0.1) is 5.41 Å². The number of alkyl halides is 3. The van der Waals surface area contributed by atoms with Gasteiger partial charge in [-0.25, -0.2) is 9.78 Å². The zero-order chi connectivity index (χ0) is 21.7. The van der Waals surface area contributed by atoms with E-state index in [-0.39, 0.29) is 24.7 Å². The molecule has 0 amide bonds. The Bertz CT molecular complexity index is 864. The molecule has 1 heterocycles. The normalized spacial score (nSPS) is 12.5. The van der Waals surface area contributed by atoms with Crippen LogP contribution in [0.5, 0.6) is 5.75 Å². The lowest BCUT2D eigenvalue weighted by atomic mass is 9.95. The van der Waals surface area contributed by atoms with E-state index in [4.69, 9.17) is 15.6 Å². The molecule has 0 bridgehead atoms. The number of aliphatic imine (C=N–C) groups is 1. The van der Waals surface area contributed by atoms with E-state index in [1.165, 1.54) is 30.5 Å². The van der Waals surface area contributed by atoms with Crippen LogP contribution in [0.4, 0.5) is 19.0 Å². The van der Waals surface area contributed by atoms with Gasteiger partial charge in [0.15, 0.2) is 5.96 Å². The molecule has 0 aliphatic rings. The first kappa shape index (κ1) is 22.0. The van der Waals surface area contributed by atoms with E-state index in [0.29, 0.717) is 11.6 Å². The standard InChI is InChI=1S/C19H21F3N4O3/c1-18(2,11-29-14-6-4-13(5-7-14)19(20,21)22)10-25-17(23)26-15-8-3-12(9-24-15)16(27)28/h3-9H,10-11H2,1-2H3,(H,27,28)(H3,23,24,25,26). The maximum absolute atomic E-state index is 12.6. The van der Waals surface area contributed by atoms with Gasteiger partial charge in [-0.15, -0.1) is 0 Å². The molecular formula is C19H21F3N4O3. The number of carboxylic acid groups (broad SMARTS) is 1. The Morgan fingerprint density at radius 3 is 2.38 bits per heavy atom. The number of hydrogen-bond acceptors (Lipinski definition) is 4. The largest absolute Gasteiger partial charge is 0.493 e. The van der Waals surface area contributed by atoms with Crippen molar-refractivity contribution < 1.29 is 27.8 Å². The van der Waals surface area contributed by atoms with Crippen LogP contribution < -0.4 is 15.8 Å². The van der Waals surface area contributed by atoms with Gasteiger partial charge in [0.2, 0.25) is 0 Å². The summed E-state index contributed by atoms with van der Waals surface area (Å²) in [4.78, 5) is 18.9. The van der Waals surface area contributed by atoms with Gasteiger partial charge in [-0.3, -0.25) is 4.99 Å². The number of benzene rings is 1. The number of anilines is 1. The van der Waals surface area contributed by atoms with Crippen LogP contribution in [-0.4, -0.2) is 35.2 Å². The molecule has 29 heavy (non-hydrogen) atoms. The molecule has 0 aliphatic heterocycles. The molecule has 2 rings (SSSR count). The van der Waals surface area contributed by atoms with Gasteiger partial charge in [-0.2, -0.15) is 13.2 Å². The fourth-order valence-corrected chi connectivity index (χ4v) is 2.13. The number of nitrogens with two attached hydrogens (primary N) is 1. The Morgan fingerprint density at radius 1 is 1.21 bits per heavy atom. The predicted octanol–water partition coefficient (Wildman–Crippen LogP) is 3.63. The Balaban J connectivity index is 1.88. The number of aromatic carboxylic acids is 1. The Hall–Kier alpha value is -3.30. The van der Waals surface area contributed by atoms with Crippen LogP contribution in [0.15, 0.2) is 47.6 Å². The third kappa shape index (κ3) is 6.98. The van der Waals surface area contributed by atoms with Gasteiger partial charge in [0.25, 0.3) is 0 Å². The summed E-state index contributed by atoms with van der Waals surface area (Å²) < 4.78 is 43.3. The van der Waals surface area contributed by atoms with Crippen molar-refractivity contribution >= 4 is 17.7 Å². The number of guanidine groups is 1. The highest BCUT2D eigenvalue weighted by Gasteiger charge is 2.30. The second-order valence-electron chi connectivity index (χ2n) is 7.04. The summed E-state index contributed by atoms with van der Waals surface area (Å²) in [5.41, 5.74) is 4.67. The van der Waals surface area contributed by atoms with E-state index >= 15 is 0 Å². The molecule has 0 spiro atoms. The van der Waals surface area contributed by atoms with E-state index in [2.05, 4.69) is 15.3 Å². The third-order valence-corrected chi connectivity index (χ3v) is 3.76. The number of aromatic nitrogens is 1. The van der Waals surface area contributed by atoms with Gasteiger partial charge in [0.05, 0.1) is 24.3 Å². The fraction of sp³-hybridized carbons (Fsp3) is 0.316. The lowest BCUT2D eigenvalue weighted by molar-refractivity contribution is -0.137. The Labute approximate surface area is 165 Å². The van der Waals surface area contributed by atoms with Gasteiger partial charge in [0, 0.05) is 11.6 Å². The van der Waals surface area contributed by atoms with E-state index in [1.54, 1.807) is 0 Å². The van der Waals surface area contributed by atoms with Gasteiger partial charge in [0.1, 0.15) is 11.6 Å². The van der Waals surface area contributed by atoms with Gasteiger partial charge >= 0.3 is 12.1 Å². The van der Waals surface area contributed by atoms with Gasteiger partial charge < -0.3 is 20.9 Å². The number of rotatable bonds is 7. The molecule has 0 aliphatic carbocycles. The minimum Gasteiger partial charge on any atom is -0.493 e. The first-order valence-corrected chi connectivity index (χ1v) is 8.53. The molecule has 10 heteroatoms. The molecule has 7 nitrogen and oxygen atoms in total. The molecule has 0 saturated carbocycles. The van der Waals surface area contributed by atoms with Crippen molar-refractivity contribution in [3.63, 3.8) is 0 Å². The summed E-state index contributed by atoms with van der Waals surface area (Å²) in [5, 5.41) is 11.6. The summed E-state index contributed by atoms with van der Waals surface area (Å²) in [6, 6.07) is 7.31. The monoisotopic (exact) mass is 410 g/mol. The number of hydrogen-bond donors (Lipinski definition) is 3. The van der Waals surface area contributed by atoms with Crippen LogP contribution in [0.1, 0.15) is 29.8 Å². The number of pyridine rings is 1. The molecule has 0 fully saturated rings. The van der Waals surface area contributed by atoms with E-state index < -0.39 is 23.1 Å². The minimum atomic E-state index is -4.39. The maximum Gasteiger partial charge on any atom is 0.416 e. The molecule has 0 saturated heterocycles. The predicted molar refractivity (Wildman–Crippen MR) is 102 cm³/mol. The van der Waals surface area contributed by atoms with Crippen LogP contribution in [-0.2, 0) is 6.18 Å². The quantitative estimate of drug-likeness (QED) is 0.475. The topological polar surface area (TPSA) is 110 Å². The molecule has 4 N–H and O–H groups in total. The van der Waals surface area contributed by atoms with Crippen molar-refractivity contribution in [3.8, 4) is 5.75 Å². The molecule has 0 unspecified atom stereocenters. The highest BCUT2D eigenvalue weighted by molar-refractivity contribution is 5.92. The highest BCUT2D eigenvalue weighted by Crippen LogP contribution is 2.30. The van der Waals surface area contributed by atoms with Crippen LogP contribution in [0.3, 0.4) is 0 Å². The summed E-state index contributed by atoms with van der Waals surface area (Å²) >= 11 is 0. The lowest BCUT2D eigenvalue weighted by Crippen LogP contribution is -2.29. The average Bonchev–Trinajstić information content (AvgIpc) is 2.65. The Kier molecular flexibility index (Phi) is 6.68. The number of carbonyl (C=O) groups is 1. The zero-order valence-corrected chi connectivity index (χ0v) is 15.8. The lowest BCUT2D eigenvalue weighted by Gasteiger charge is -2.23. The molecule has 2 aromatic rings. The van der Waals surface area contributed by atoms with E-state index in [0.717, 1.165) is 12.1 Å². The number of carboxylic acids is 1. The second-order valence-corrected chi connectivity index (χ2v) is 7.04. The number of halogens is 3. The van der Waals surface area contributed by atoms with Gasteiger partial charge in [-0.05, 0) is 36.4 Å². The van der Waals surface area contributed by atoms with Crippen molar-refractivity contribution in [1.82, 2.24) is 4.98 Å². The highest BCUT2D eigenvalue weighted by atomic mass is 19.4. The molecular weight excluding hydrogens is 389 g/mol. The number of nitrogens with zero attached hydrogens (tertiary/aromatic N) is 2. The van der Waals surface area contributed by atoms with Crippen LogP contribution >= 0.6 is 0 Å². The third-order valence-electron chi connectivity index (χ3n) is 3.76. The fourth-order valence-electron chi connectivity index (χ4n) is 2.13. The molecule has 1 aromatic heterocycles. The van der Waals surface area contributed by atoms with Crippen LogP contribution in [0.25, 0.3) is 0 Å². The van der Waals surface area contributed by atoms with Crippen molar-refractivity contribution in [3.05, 3.63) is 53.7 Å². The van der Waals surface area contributed by atoms with Crippen molar-refractivity contribution in [2.24, 2.45) is 16.1 Å². The summed E-state index contributed by atoms with van der Waals surface area (Å²) in [6.45, 7) is 4.22.